The Morgan fingerprint density at radius 2 is 1.80 bits per heavy atom. The van der Waals surface area contributed by atoms with Crippen molar-refractivity contribution < 1.29 is 4.79 Å². The van der Waals surface area contributed by atoms with Crippen molar-refractivity contribution in [1.29, 1.82) is 0 Å². The Bertz CT molecular complexity index is 433. The second-order valence-corrected chi connectivity index (χ2v) is 6.32. The predicted molar refractivity (Wildman–Crippen MR) is 85.7 cm³/mol. The van der Waals surface area contributed by atoms with E-state index in [9.17, 15) is 4.79 Å². The lowest BCUT2D eigenvalue weighted by molar-refractivity contribution is -0.122. The van der Waals surface area contributed by atoms with Crippen LogP contribution in [-0.4, -0.2) is 18.5 Å². The highest BCUT2D eigenvalue weighted by molar-refractivity contribution is 5.71. The van der Waals surface area contributed by atoms with Crippen molar-refractivity contribution in [3.05, 3.63) is 29.8 Å². The molecule has 0 bridgehead atoms. The first-order valence-electron chi connectivity index (χ1n) is 8.06. The van der Waals surface area contributed by atoms with Gasteiger partial charge in [0.1, 0.15) is 11.7 Å². The minimum absolute atomic E-state index is 0.346. The number of hydrogen-bond donors (Lipinski definition) is 0. The number of aryl methyl sites for hydroxylation is 1. The van der Waals surface area contributed by atoms with Gasteiger partial charge in [-0.2, -0.15) is 0 Å². The fourth-order valence-electron chi connectivity index (χ4n) is 3.69. The molecule has 1 amide bonds. The molecule has 1 fully saturated rings. The van der Waals surface area contributed by atoms with Crippen molar-refractivity contribution in [2.24, 2.45) is 0 Å². The smallest absolute Gasteiger partial charge is 0.233 e. The van der Waals surface area contributed by atoms with Gasteiger partial charge in [0.05, 0.1) is 6.04 Å². The minimum Gasteiger partial charge on any atom is -0.233 e. The van der Waals surface area contributed by atoms with Crippen LogP contribution in [-0.2, 0) is 4.79 Å². The van der Waals surface area contributed by atoms with Crippen LogP contribution in [0.15, 0.2) is 24.3 Å². The topological polar surface area (TPSA) is 17.1 Å². The van der Waals surface area contributed by atoms with Crippen LogP contribution in [0, 0.1) is 6.92 Å². The van der Waals surface area contributed by atoms with Gasteiger partial charge in [-0.05, 0) is 45.2 Å². The van der Waals surface area contributed by atoms with E-state index in [2.05, 4.69) is 45.0 Å². The molecule has 2 rings (SSSR count). The molecule has 0 heterocycles. The van der Waals surface area contributed by atoms with Crippen LogP contribution >= 0.6 is 0 Å². The molecule has 0 aromatic heterocycles. The molecule has 0 spiro atoms. The van der Waals surface area contributed by atoms with Crippen molar-refractivity contribution in [2.75, 3.05) is 0 Å². The van der Waals surface area contributed by atoms with Gasteiger partial charge in [-0.1, -0.05) is 31.0 Å². The number of amides is 1. The summed E-state index contributed by atoms with van der Waals surface area (Å²) in [6, 6.07) is 9.39. The van der Waals surface area contributed by atoms with E-state index in [0.717, 1.165) is 6.42 Å². The number of benzene rings is 1. The molecule has 20 heavy (non-hydrogen) atoms. The van der Waals surface area contributed by atoms with E-state index in [1.165, 1.54) is 49.8 Å². The van der Waals surface area contributed by atoms with Gasteiger partial charge in [-0.25, -0.2) is 9.28 Å². The van der Waals surface area contributed by atoms with Gasteiger partial charge in [-0.15, -0.1) is 0 Å². The standard InChI is InChI=1S/C18H28NO/c1-4-16(3)19(14-20,17-8-6-5-7-9-17)18-12-10-15(2)11-13-18/h10-14,16-17H,4-9H2,1-3H3/q+1. The number of hydrogen-bond acceptors (Lipinski definition) is 1. The SMILES string of the molecule is CCC(C)[N+](C=O)(c1ccc(C)cc1)C1CCCCC1. The highest BCUT2D eigenvalue weighted by Crippen LogP contribution is 2.36. The lowest BCUT2D eigenvalue weighted by Crippen LogP contribution is -2.61. The summed E-state index contributed by atoms with van der Waals surface area (Å²) < 4.78 is 0.525. The normalized spacial score (nSPS) is 21.1. The van der Waals surface area contributed by atoms with Crippen LogP contribution in [0.2, 0.25) is 0 Å². The third-order valence-electron chi connectivity index (χ3n) is 5.15. The first-order valence-corrected chi connectivity index (χ1v) is 8.06. The molecule has 2 atom stereocenters. The Balaban J connectivity index is 2.45. The molecule has 110 valence electrons. The molecule has 2 nitrogen and oxygen atoms in total. The quantitative estimate of drug-likeness (QED) is 0.567. The number of carbonyl (C=O) groups excluding carboxylic acids is 1. The predicted octanol–water partition coefficient (Wildman–Crippen LogP) is 4.59. The second-order valence-electron chi connectivity index (χ2n) is 6.32. The average Bonchev–Trinajstić information content (AvgIpc) is 2.51. The third-order valence-corrected chi connectivity index (χ3v) is 5.15. The number of quaternary nitrogens is 1. The molecule has 0 aliphatic heterocycles. The van der Waals surface area contributed by atoms with Crippen LogP contribution in [0.3, 0.4) is 0 Å². The summed E-state index contributed by atoms with van der Waals surface area (Å²) >= 11 is 0. The Labute approximate surface area is 123 Å². The molecule has 0 radical (unpaired) electrons. The summed E-state index contributed by atoms with van der Waals surface area (Å²) in [6.45, 7) is 6.52. The van der Waals surface area contributed by atoms with E-state index in [1.807, 2.05) is 0 Å². The van der Waals surface area contributed by atoms with E-state index >= 15 is 0 Å². The number of rotatable bonds is 5. The van der Waals surface area contributed by atoms with Gasteiger partial charge in [0.2, 0.25) is 0 Å². The monoisotopic (exact) mass is 274 g/mol. The fraction of sp³-hybridized carbons (Fsp3) is 0.611. The fourth-order valence-corrected chi connectivity index (χ4v) is 3.69. The zero-order valence-corrected chi connectivity index (χ0v) is 13.1. The molecular formula is C18H28NO+. The largest absolute Gasteiger partial charge is 0.307 e. The van der Waals surface area contributed by atoms with Crippen LogP contribution < -0.4 is 4.48 Å². The number of carbonyl (C=O) groups is 1. The van der Waals surface area contributed by atoms with Gasteiger partial charge in [0.15, 0.2) is 0 Å². The van der Waals surface area contributed by atoms with Crippen molar-refractivity contribution in [3.8, 4) is 0 Å². The molecular weight excluding hydrogens is 246 g/mol. The highest BCUT2D eigenvalue weighted by atomic mass is 16.1. The second kappa shape index (κ2) is 6.53. The highest BCUT2D eigenvalue weighted by Gasteiger charge is 2.43. The number of nitrogens with zero attached hydrogens (tertiary/aromatic N) is 1. The summed E-state index contributed by atoms with van der Waals surface area (Å²) in [7, 11) is 0. The maximum absolute atomic E-state index is 12.2. The Morgan fingerprint density at radius 1 is 1.20 bits per heavy atom. The van der Waals surface area contributed by atoms with Crippen molar-refractivity contribution in [2.45, 2.75) is 71.4 Å². The van der Waals surface area contributed by atoms with Crippen molar-refractivity contribution in [3.63, 3.8) is 0 Å². The zero-order chi connectivity index (χ0) is 14.6. The maximum Gasteiger partial charge on any atom is 0.307 e. The summed E-state index contributed by atoms with van der Waals surface area (Å²) in [5, 5.41) is 0. The summed E-state index contributed by atoms with van der Waals surface area (Å²) in [5.74, 6) is 0. The van der Waals surface area contributed by atoms with Crippen LogP contribution in [0.1, 0.15) is 57.9 Å². The first kappa shape index (κ1) is 15.2. The van der Waals surface area contributed by atoms with Crippen molar-refractivity contribution in [1.82, 2.24) is 4.48 Å². The Kier molecular flexibility index (Phi) is 4.98. The van der Waals surface area contributed by atoms with Gasteiger partial charge in [0.25, 0.3) is 0 Å². The van der Waals surface area contributed by atoms with Crippen LogP contribution in [0.25, 0.3) is 0 Å². The van der Waals surface area contributed by atoms with E-state index in [0.29, 0.717) is 16.6 Å². The zero-order valence-electron chi connectivity index (χ0n) is 13.1. The van der Waals surface area contributed by atoms with E-state index < -0.39 is 0 Å². The molecule has 1 aromatic rings. The maximum atomic E-state index is 12.2. The Morgan fingerprint density at radius 3 is 2.30 bits per heavy atom. The van der Waals surface area contributed by atoms with Crippen molar-refractivity contribution >= 4 is 12.1 Å². The van der Waals surface area contributed by atoms with E-state index in [-0.39, 0.29) is 0 Å². The molecule has 2 unspecified atom stereocenters. The molecule has 2 heteroatoms. The minimum atomic E-state index is 0.346. The third kappa shape index (κ3) is 2.67. The van der Waals surface area contributed by atoms with Gasteiger partial charge in [0, 0.05) is 12.8 Å². The first-order chi connectivity index (χ1) is 9.65. The molecule has 0 saturated heterocycles. The lowest BCUT2D eigenvalue weighted by Gasteiger charge is -2.44. The van der Waals surface area contributed by atoms with Gasteiger partial charge >= 0.3 is 6.41 Å². The van der Waals surface area contributed by atoms with E-state index in [1.54, 1.807) is 0 Å². The van der Waals surface area contributed by atoms with Crippen LogP contribution in [0.5, 0.6) is 0 Å². The van der Waals surface area contributed by atoms with Gasteiger partial charge < -0.3 is 0 Å². The average molecular weight is 274 g/mol. The molecule has 0 N–H and O–H groups in total. The Hall–Kier alpha value is -1.15. The molecule has 1 saturated carbocycles. The molecule has 1 aromatic carbocycles. The molecule has 1 aliphatic carbocycles. The van der Waals surface area contributed by atoms with Crippen LogP contribution in [0.4, 0.5) is 5.69 Å². The summed E-state index contributed by atoms with van der Waals surface area (Å²) in [6.07, 6.45) is 8.46. The summed E-state index contributed by atoms with van der Waals surface area (Å²) in [5.41, 5.74) is 2.43. The van der Waals surface area contributed by atoms with E-state index in [4.69, 9.17) is 0 Å². The summed E-state index contributed by atoms with van der Waals surface area (Å²) in [4.78, 5) is 12.2. The molecule has 1 aliphatic rings. The van der Waals surface area contributed by atoms with Gasteiger partial charge in [-0.3, -0.25) is 0 Å². The lowest BCUT2D eigenvalue weighted by atomic mass is 9.90.